The highest BCUT2D eigenvalue weighted by Gasteiger charge is 2.19. The van der Waals surface area contributed by atoms with Gasteiger partial charge in [-0.1, -0.05) is 61.9 Å². The topological polar surface area (TPSA) is 18.8 Å². The predicted octanol–water partition coefficient (Wildman–Crippen LogP) is 4.21. The lowest BCUT2D eigenvalue weighted by Gasteiger charge is -2.29. The second-order valence-electron chi connectivity index (χ2n) is 6.32. The number of aliphatic imine (C=N–C) groups is 1. The minimum atomic E-state index is 0.878. The fourth-order valence-electron chi connectivity index (χ4n) is 3.12. The number of benzene rings is 2. The molecule has 24 heavy (non-hydrogen) atoms. The molecule has 0 unspecified atom stereocenters. The van der Waals surface area contributed by atoms with Gasteiger partial charge in [0.15, 0.2) is 0 Å². The van der Waals surface area contributed by atoms with Gasteiger partial charge in [-0.2, -0.15) is 0 Å². The summed E-state index contributed by atoms with van der Waals surface area (Å²) < 4.78 is 0. The Kier molecular flexibility index (Phi) is 5.89. The Morgan fingerprint density at radius 3 is 2.38 bits per heavy atom. The summed E-state index contributed by atoms with van der Waals surface area (Å²) in [5.41, 5.74) is 2.59. The second-order valence-corrected chi connectivity index (χ2v) is 6.32. The lowest BCUT2D eigenvalue weighted by molar-refractivity contribution is 0.437. The molecule has 2 aromatic rings. The zero-order chi connectivity index (χ0) is 16.6. The van der Waals surface area contributed by atoms with Gasteiger partial charge in [0.25, 0.3) is 0 Å². The van der Waals surface area contributed by atoms with Crippen molar-refractivity contribution in [1.29, 1.82) is 0 Å². The third-order valence-electron chi connectivity index (χ3n) is 4.48. The van der Waals surface area contributed by atoms with Crippen molar-refractivity contribution < 1.29 is 0 Å². The Labute approximate surface area is 145 Å². The van der Waals surface area contributed by atoms with Gasteiger partial charge in [0.2, 0.25) is 0 Å². The van der Waals surface area contributed by atoms with Gasteiger partial charge in [-0.15, -0.1) is 0 Å². The SMILES string of the molecule is CCCCN1CCN=C1CN(Cc1ccccc1)c1ccccc1. The van der Waals surface area contributed by atoms with E-state index in [-0.39, 0.29) is 0 Å². The van der Waals surface area contributed by atoms with Crippen LogP contribution in [0, 0.1) is 0 Å². The number of unbranched alkanes of at least 4 members (excludes halogenated alkanes) is 1. The van der Waals surface area contributed by atoms with Crippen LogP contribution in [0.3, 0.4) is 0 Å². The van der Waals surface area contributed by atoms with Crippen LogP contribution in [0.15, 0.2) is 65.7 Å². The van der Waals surface area contributed by atoms with Crippen molar-refractivity contribution in [2.45, 2.75) is 26.3 Å². The molecule has 0 N–H and O–H groups in total. The number of hydrogen-bond donors (Lipinski definition) is 0. The largest absolute Gasteiger partial charge is 0.360 e. The minimum absolute atomic E-state index is 0.878. The van der Waals surface area contributed by atoms with E-state index >= 15 is 0 Å². The number of amidine groups is 1. The average molecular weight is 321 g/mol. The van der Waals surface area contributed by atoms with E-state index in [4.69, 9.17) is 4.99 Å². The Bertz CT molecular complexity index is 637. The fourth-order valence-corrected chi connectivity index (χ4v) is 3.12. The van der Waals surface area contributed by atoms with Gasteiger partial charge in [0, 0.05) is 25.3 Å². The van der Waals surface area contributed by atoms with Crippen LogP contribution in [0.1, 0.15) is 25.3 Å². The Morgan fingerprint density at radius 1 is 0.958 bits per heavy atom. The van der Waals surface area contributed by atoms with Crippen molar-refractivity contribution in [2.75, 3.05) is 31.1 Å². The van der Waals surface area contributed by atoms with E-state index < -0.39 is 0 Å². The third kappa shape index (κ3) is 4.38. The smallest absolute Gasteiger partial charge is 0.119 e. The van der Waals surface area contributed by atoms with Gasteiger partial charge in [0.1, 0.15) is 5.84 Å². The van der Waals surface area contributed by atoms with E-state index in [2.05, 4.69) is 77.4 Å². The van der Waals surface area contributed by atoms with Gasteiger partial charge in [-0.25, -0.2) is 0 Å². The third-order valence-corrected chi connectivity index (χ3v) is 4.48. The molecule has 0 radical (unpaired) electrons. The van der Waals surface area contributed by atoms with E-state index in [1.54, 1.807) is 0 Å². The Morgan fingerprint density at radius 2 is 1.67 bits per heavy atom. The molecule has 3 heteroatoms. The van der Waals surface area contributed by atoms with Crippen LogP contribution < -0.4 is 4.90 Å². The summed E-state index contributed by atoms with van der Waals surface area (Å²) in [4.78, 5) is 9.67. The molecule has 126 valence electrons. The molecule has 3 nitrogen and oxygen atoms in total. The van der Waals surface area contributed by atoms with Gasteiger partial charge in [-0.05, 0) is 24.1 Å². The summed E-state index contributed by atoms with van der Waals surface area (Å²) in [6, 6.07) is 21.4. The highest BCUT2D eigenvalue weighted by Crippen LogP contribution is 2.18. The Hall–Kier alpha value is -2.29. The summed E-state index contributed by atoms with van der Waals surface area (Å²) in [5, 5.41) is 0. The van der Waals surface area contributed by atoms with E-state index in [1.807, 2.05) is 0 Å². The highest BCUT2D eigenvalue weighted by molar-refractivity contribution is 5.88. The molecule has 0 fully saturated rings. The van der Waals surface area contributed by atoms with Gasteiger partial charge in [0.05, 0.1) is 13.1 Å². The van der Waals surface area contributed by atoms with E-state index in [0.29, 0.717) is 0 Å². The number of hydrogen-bond acceptors (Lipinski definition) is 3. The van der Waals surface area contributed by atoms with Crippen LogP contribution in [-0.4, -0.2) is 36.9 Å². The molecule has 1 aliphatic heterocycles. The molecule has 0 atom stereocenters. The molecular formula is C21H27N3. The quantitative estimate of drug-likeness (QED) is 0.725. The lowest BCUT2D eigenvalue weighted by atomic mass is 10.2. The monoisotopic (exact) mass is 321 g/mol. The molecule has 0 saturated heterocycles. The molecule has 1 heterocycles. The fraction of sp³-hybridized carbons (Fsp3) is 0.381. The average Bonchev–Trinajstić information content (AvgIpc) is 3.08. The maximum Gasteiger partial charge on any atom is 0.119 e. The molecule has 2 aromatic carbocycles. The number of anilines is 1. The highest BCUT2D eigenvalue weighted by atomic mass is 15.3. The van der Waals surface area contributed by atoms with Crippen molar-refractivity contribution >= 4 is 11.5 Å². The zero-order valence-electron chi connectivity index (χ0n) is 14.6. The van der Waals surface area contributed by atoms with Crippen molar-refractivity contribution in [3.8, 4) is 0 Å². The Balaban J connectivity index is 1.75. The van der Waals surface area contributed by atoms with Crippen LogP contribution in [0.25, 0.3) is 0 Å². The summed E-state index contributed by atoms with van der Waals surface area (Å²) >= 11 is 0. The molecule has 0 bridgehead atoms. The van der Waals surface area contributed by atoms with Gasteiger partial charge < -0.3 is 9.80 Å². The standard InChI is InChI=1S/C21H27N3/c1-2-3-15-23-16-14-22-21(23)18-24(20-12-8-5-9-13-20)17-19-10-6-4-7-11-19/h4-13H,2-3,14-18H2,1H3. The lowest BCUT2D eigenvalue weighted by Crippen LogP contribution is -2.38. The summed E-state index contributed by atoms with van der Waals surface area (Å²) in [6.07, 6.45) is 2.47. The molecule has 1 aliphatic rings. The normalized spacial score (nSPS) is 13.9. The maximum absolute atomic E-state index is 4.78. The van der Waals surface area contributed by atoms with Crippen LogP contribution in [0.5, 0.6) is 0 Å². The molecule has 0 saturated carbocycles. The minimum Gasteiger partial charge on any atom is -0.360 e. The van der Waals surface area contributed by atoms with E-state index in [1.165, 1.54) is 29.9 Å². The van der Waals surface area contributed by atoms with Crippen molar-refractivity contribution in [2.24, 2.45) is 4.99 Å². The van der Waals surface area contributed by atoms with E-state index in [0.717, 1.165) is 32.7 Å². The maximum atomic E-state index is 4.78. The van der Waals surface area contributed by atoms with Crippen LogP contribution in [0.2, 0.25) is 0 Å². The molecule has 0 spiro atoms. The van der Waals surface area contributed by atoms with E-state index in [9.17, 15) is 0 Å². The van der Waals surface area contributed by atoms with Crippen molar-refractivity contribution in [1.82, 2.24) is 4.90 Å². The molecule has 0 amide bonds. The first-order chi connectivity index (χ1) is 11.9. The van der Waals surface area contributed by atoms with Gasteiger partial charge >= 0.3 is 0 Å². The van der Waals surface area contributed by atoms with Crippen LogP contribution >= 0.6 is 0 Å². The molecule has 3 rings (SSSR count). The summed E-state index contributed by atoms with van der Waals surface area (Å²) in [6.45, 7) is 7.17. The predicted molar refractivity (Wildman–Crippen MR) is 103 cm³/mol. The molecular weight excluding hydrogens is 294 g/mol. The summed E-state index contributed by atoms with van der Waals surface area (Å²) in [7, 11) is 0. The summed E-state index contributed by atoms with van der Waals surface area (Å²) in [5.74, 6) is 1.24. The molecule has 0 aliphatic carbocycles. The van der Waals surface area contributed by atoms with Gasteiger partial charge in [-0.3, -0.25) is 4.99 Å². The first-order valence-electron chi connectivity index (χ1n) is 8.99. The second kappa shape index (κ2) is 8.53. The first kappa shape index (κ1) is 16.6. The van der Waals surface area contributed by atoms with Crippen molar-refractivity contribution in [3.05, 3.63) is 66.2 Å². The van der Waals surface area contributed by atoms with Crippen LogP contribution in [-0.2, 0) is 6.54 Å². The first-order valence-corrected chi connectivity index (χ1v) is 8.99. The van der Waals surface area contributed by atoms with Crippen molar-refractivity contribution in [3.63, 3.8) is 0 Å². The number of rotatable bonds is 8. The molecule has 0 aromatic heterocycles. The number of nitrogens with zero attached hydrogens (tertiary/aromatic N) is 3. The van der Waals surface area contributed by atoms with Crippen LogP contribution in [0.4, 0.5) is 5.69 Å². The zero-order valence-corrected chi connectivity index (χ0v) is 14.6. The number of para-hydroxylation sites is 1.